The molecule has 2 rings (SSSR count). The molecule has 0 saturated carbocycles. The third-order valence-electron chi connectivity index (χ3n) is 3.84. The van der Waals surface area contributed by atoms with Crippen molar-refractivity contribution in [3.8, 4) is 5.75 Å². The lowest BCUT2D eigenvalue weighted by molar-refractivity contribution is -0.385. The first-order valence-electron chi connectivity index (χ1n) is 8.88. The normalized spacial score (nSPS) is 11.1. The summed E-state index contributed by atoms with van der Waals surface area (Å²) in [6, 6.07) is 12.9. The molecule has 0 heterocycles. The Morgan fingerprint density at radius 2 is 1.90 bits per heavy atom. The molecule has 9 heteroatoms. The van der Waals surface area contributed by atoms with Gasteiger partial charge in [-0.15, -0.1) is 0 Å². The summed E-state index contributed by atoms with van der Waals surface area (Å²) in [6.45, 7) is 4.87. The molecular formula is C20H22N4O5. The number of ether oxygens (including phenoxy) is 1. The first-order valence-corrected chi connectivity index (χ1v) is 8.88. The topological polar surface area (TPSA) is 123 Å². The minimum absolute atomic E-state index is 0.00180. The molecule has 0 unspecified atom stereocenters. The molecule has 9 nitrogen and oxygen atoms in total. The lowest BCUT2D eigenvalue weighted by Gasteiger charge is -2.09. The molecule has 2 amide bonds. The van der Waals surface area contributed by atoms with Crippen molar-refractivity contribution in [1.29, 1.82) is 0 Å². The van der Waals surface area contributed by atoms with Crippen LogP contribution in [-0.4, -0.2) is 29.1 Å². The van der Waals surface area contributed by atoms with Crippen LogP contribution in [0.25, 0.3) is 0 Å². The van der Waals surface area contributed by atoms with Gasteiger partial charge in [-0.05, 0) is 30.7 Å². The van der Waals surface area contributed by atoms with E-state index in [0.29, 0.717) is 17.0 Å². The number of amides is 2. The molecule has 0 fully saturated rings. The van der Waals surface area contributed by atoms with Crippen molar-refractivity contribution < 1.29 is 19.2 Å². The molecule has 0 aromatic heterocycles. The first kappa shape index (κ1) is 21.5. The number of nitrogens with zero attached hydrogens (tertiary/aromatic N) is 2. The SMILES string of the molecule is CC(=NNC(=O)COc1ccccc1[N+](=O)[O-])c1cccc(NC(=O)C(C)C)c1. The van der Waals surface area contributed by atoms with E-state index in [1.165, 1.54) is 18.2 Å². The van der Waals surface area contributed by atoms with Gasteiger partial charge in [-0.3, -0.25) is 19.7 Å². The largest absolute Gasteiger partial charge is 0.477 e. The number of nitrogens with one attached hydrogen (secondary N) is 2. The second-order valence-corrected chi connectivity index (χ2v) is 6.47. The van der Waals surface area contributed by atoms with Gasteiger partial charge in [0, 0.05) is 17.7 Å². The zero-order valence-electron chi connectivity index (χ0n) is 16.3. The molecule has 2 aromatic carbocycles. The Morgan fingerprint density at radius 3 is 2.59 bits per heavy atom. The maximum atomic E-state index is 12.0. The van der Waals surface area contributed by atoms with E-state index >= 15 is 0 Å². The van der Waals surface area contributed by atoms with Gasteiger partial charge >= 0.3 is 5.69 Å². The Labute approximate surface area is 167 Å². The number of benzene rings is 2. The number of hydrazone groups is 1. The van der Waals surface area contributed by atoms with Gasteiger partial charge in [0.2, 0.25) is 5.91 Å². The molecule has 0 atom stereocenters. The van der Waals surface area contributed by atoms with Gasteiger partial charge in [0.05, 0.1) is 10.6 Å². The highest BCUT2D eigenvalue weighted by Gasteiger charge is 2.15. The number of anilines is 1. The zero-order valence-corrected chi connectivity index (χ0v) is 16.3. The van der Waals surface area contributed by atoms with E-state index in [-0.39, 0.29) is 23.3 Å². The van der Waals surface area contributed by atoms with Crippen molar-refractivity contribution in [3.63, 3.8) is 0 Å². The van der Waals surface area contributed by atoms with Crippen LogP contribution in [0.5, 0.6) is 5.75 Å². The van der Waals surface area contributed by atoms with Gasteiger partial charge < -0.3 is 10.1 Å². The maximum absolute atomic E-state index is 12.0. The van der Waals surface area contributed by atoms with E-state index in [1.807, 2.05) is 0 Å². The summed E-state index contributed by atoms with van der Waals surface area (Å²) in [7, 11) is 0. The minimum Gasteiger partial charge on any atom is -0.477 e. The summed E-state index contributed by atoms with van der Waals surface area (Å²) < 4.78 is 5.21. The Hall–Kier alpha value is -3.75. The van der Waals surface area contributed by atoms with Crippen molar-refractivity contribution in [3.05, 3.63) is 64.2 Å². The van der Waals surface area contributed by atoms with Crippen LogP contribution in [0.2, 0.25) is 0 Å². The average Bonchev–Trinajstić information content (AvgIpc) is 2.70. The van der Waals surface area contributed by atoms with Crippen molar-refractivity contribution in [1.82, 2.24) is 5.43 Å². The van der Waals surface area contributed by atoms with E-state index in [4.69, 9.17) is 4.74 Å². The number of carbonyl (C=O) groups excluding carboxylic acids is 2. The molecule has 29 heavy (non-hydrogen) atoms. The number of para-hydroxylation sites is 2. The summed E-state index contributed by atoms with van der Waals surface area (Å²) >= 11 is 0. The van der Waals surface area contributed by atoms with Crippen molar-refractivity contribution in [2.45, 2.75) is 20.8 Å². The number of hydrogen-bond acceptors (Lipinski definition) is 6. The molecule has 0 spiro atoms. The number of carbonyl (C=O) groups is 2. The highest BCUT2D eigenvalue weighted by Crippen LogP contribution is 2.25. The molecule has 2 N–H and O–H groups in total. The summed E-state index contributed by atoms with van der Waals surface area (Å²) in [5.74, 6) is -0.806. The van der Waals surface area contributed by atoms with E-state index in [2.05, 4.69) is 15.8 Å². The van der Waals surface area contributed by atoms with E-state index < -0.39 is 17.4 Å². The van der Waals surface area contributed by atoms with Gasteiger partial charge in [0.1, 0.15) is 0 Å². The molecule has 0 bridgehead atoms. The number of nitro benzene ring substituents is 1. The van der Waals surface area contributed by atoms with Gasteiger partial charge in [0.25, 0.3) is 5.91 Å². The predicted molar refractivity (Wildman–Crippen MR) is 109 cm³/mol. The van der Waals surface area contributed by atoms with E-state index in [0.717, 1.165) is 0 Å². The van der Waals surface area contributed by atoms with Gasteiger partial charge in [-0.2, -0.15) is 5.10 Å². The Balaban J connectivity index is 1.96. The van der Waals surface area contributed by atoms with Crippen LogP contribution in [-0.2, 0) is 9.59 Å². The fraction of sp³-hybridized carbons (Fsp3) is 0.250. The molecule has 0 aliphatic carbocycles. The second kappa shape index (κ2) is 9.98. The Kier molecular flexibility index (Phi) is 7.41. The Bertz CT molecular complexity index is 940. The number of nitro groups is 1. The number of hydrogen-bond donors (Lipinski definition) is 2. The smallest absolute Gasteiger partial charge is 0.310 e. The van der Waals surface area contributed by atoms with Crippen molar-refractivity contribution >= 4 is 28.9 Å². The third kappa shape index (κ3) is 6.42. The van der Waals surface area contributed by atoms with Gasteiger partial charge in [-0.1, -0.05) is 38.1 Å². The standard InChI is InChI=1S/C20H22N4O5/c1-13(2)20(26)21-16-8-6-7-15(11-16)14(3)22-23-19(25)12-29-18-10-5-4-9-17(18)24(27)28/h4-11,13H,12H2,1-3H3,(H,21,26)(H,23,25). The van der Waals surface area contributed by atoms with Crippen LogP contribution in [0.1, 0.15) is 26.3 Å². The molecule has 0 aliphatic heterocycles. The van der Waals surface area contributed by atoms with Gasteiger partial charge in [-0.25, -0.2) is 5.43 Å². The molecule has 2 aromatic rings. The van der Waals surface area contributed by atoms with Crippen LogP contribution in [0, 0.1) is 16.0 Å². The molecule has 152 valence electrons. The van der Waals surface area contributed by atoms with Crippen LogP contribution in [0.15, 0.2) is 53.6 Å². The fourth-order valence-corrected chi connectivity index (χ4v) is 2.22. The van der Waals surface area contributed by atoms with E-state index in [1.54, 1.807) is 51.1 Å². The van der Waals surface area contributed by atoms with Crippen LogP contribution in [0.3, 0.4) is 0 Å². The Morgan fingerprint density at radius 1 is 1.17 bits per heavy atom. The summed E-state index contributed by atoms with van der Waals surface area (Å²) in [6.07, 6.45) is 0. The second-order valence-electron chi connectivity index (χ2n) is 6.47. The monoisotopic (exact) mass is 398 g/mol. The average molecular weight is 398 g/mol. The van der Waals surface area contributed by atoms with Gasteiger partial charge in [0.15, 0.2) is 12.4 Å². The molecule has 0 aliphatic rings. The minimum atomic E-state index is -0.583. The van der Waals surface area contributed by atoms with E-state index in [9.17, 15) is 19.7 Å². The molecule has 0 radical (unpaired) electrons. The van der Waals surface area contributed by atoms with Crippen LogP contribution < -0.4 is 15.5 Å². The van der Waals surface area contributed by atoms with Crippen molar-refractivity contribution in [2.75, 3.05) is 11.9 Å². The highest BCUT2D eigenvalue weighted by atomic mass is 16.6. The molecule has 0 saturated heterocycles. The highest BCUT2D eigenvalue weighted by molar-refractivity contribution is 6.01. The molecular weight excluding hydrogens is 376 g/mol. The van der Waals surface area contributed by atoms with Crippen LogP contribution in [0.4, 0.5) is 11.4 Å². The van der Waals surface area contributed by atoms with Crippen molar-refractivity contribution in [2.24, 2.45) is 11.0 Å². The fourth-order valence-electron chi connectivity index (χ4n) is 2.22. The number of rotatable bonds is 8. The third-order valence-corrected chi connectivity index (χ3v) is 3.84. The van der Waals surface area contributed by atoms with Crippen LogP contribution >= 0.6 is 0 Å². The first-order chi connectivity index (χ1) is 13.8. The summed E-state index contributed by atoms with van der Waals surface area (Å²) in [5, 5.41) is 17.8. The predicted octanol–water partition coefficient (Wildman–Crippen LogP) is 3.11. The summed E-state index contributed by atoms with van der Waals surface area (Å²) in [4.78, 5) is 34.1. The quantitative estimate of drug-likeness (QED) is 0.402. The maximum Gasteiger partial charge on any atom is 0.310 e. The zero-order chi connectivity index (χ0) is 21.4. The summed E-state index contributed by atoms with van der Waals surface area (Å²) in [5.41, 5.74) is 3.98. The lowest BCUT2D eigenvalue weighted by atomic mass is 10.1. The lowest BCUT2D eigenvalue weighted by Crippen LogP contribution is -2.25.